The molecule has 0 aliphatic heterocycles. The fourth-order valence-electron chi connectivity index (χ4n) is 1.00. The summed E-state index contributed by atoms with van der Waals surface area (Å²) in [5.41, 5.74) is 0. The lowest BCUT2D eigenvalue weighted by molar-refractivity contribution is -0.166. The molecule has 1 amide bonds. The van der Waals surface area contributed by atoms with E-state index in [-0.39, 0.29) is 0 Å². The summed E-state index contributed by atoms with van der Waals surface area (Å²) >= 11 is 0. The second kappa shape index (κ2) is 9.85. The van der Waals surface area contributed by atoms with Gasteiger partial charge in [-0.1, -0.05) is 0 Å². The maximum atomic E-state index is 11.4. The number of rotatable bonds is 5. The molecule has 0 fully saturated rings. The van der Waals surface area contributed by atoms with Crippen LogP contribution in [-0.4, -0.2) is 61.8 Å². The standard InChI is InChI=1S/C14H11NO7/c1-2-3-4-5-6-7-8-15-13(20)11(18)9(16)10(17)12(19)14(21)22/h1,9-12,16-19H,(H,15,20)(H,21,22)/t9-,10-,11+,12-/m1/s1. The van der Waals surface area contributed by atoms with Crippen molar-refractivity contribution in [1.82, 2.24) is 5.32 Å². The first-order valence-corrected chi connectivity index (χ1v) is 5.53. The molecule has 4 atom stereocenters. The molecule has 22 heavy (non-hydrogen) atoms. The Morgan fingerprint density at radius 3 is 1.91 bits per heavy atom. The van der Waals surface area contributed by atoms with Gasteiger partial charge in [0.05, 0.1) is 0 Å². The summed E-state index contributed by atoms with van der Waals surface area (Å²) < 4.78 is 0. The van der Waals surface area contributed by atoms with E-state index >= 15 is 0 Å². The van der Waals surface area contributed by atoms with Gasteiger partial charge in [0.2, 0.25) is 0 Å². The number of hydrogen-bond donors (Lipinski definition) is 6. The van der Waals surface area contributed by atoms with Crippen LogP contribution in [-0.2, 0) is 9.59 Å². The van der Waals surface area contributed by atoms with Gasteiger partial charge in [0.15, 0.2) is 12.2 Å². The molecule has 114 valence electrons. The number of carbonyl (C=O) groups excluding carboxylic acids is 1. The smallest absolute Gasteiger partial charge is 0.335 e. The van der Waals surface area contributed by atoms with Crippen molar-refractivity contribution in [3.63, 3.8) is 0 Å². The summed E-state index contributed by atoms with van der Waals surface area (Å²) in [6, 6.07) is 2.01. The van der Waals surface area contributed by atoms with Gasteiger partial charge in [0.1, 0.15) is 12.2 Å². The first-order valence-electron chi connectivity index (χ1n) is 5.53. The zero-order chi connectivity index (χ0) is 17.1. The summed E-state index contributed by atoms with van der Waals surface area (Å²) in [4.78, 5) is 21.7. The molecule has 8 heteroatoms. The van der Waals surface area contributed by atoms with E-state index in [1.165, 1.54) is 0 Å². The molecule has 0 aromatic carbocycles. The number of amides is 1. The maximum Gasteiger partial charge on any atom is 0.335 e. The Bertz CT molecular complexity index is 644. The van der Waals surface area contributed by atoms with E-state index in [0.29, 0.717) is 0 Å². The van der Waals surface area contributed by atoms with Crippen LogP contribution in [0.5, 0.6) is 0 Å². The van der Waals surface area contributed by atoms with Gasteiger partial charge in [0.25, 0.3) is 5.91 Å². The van der Waals surface area contributed by atoms with Crippen LogP contribution in [0.25, 0.3) is 0 Å². The molecule has 0 heterocycles. The molecule has 0 aliphatic rings. The predicted octanol–water partition coefficient (Wildman–Crippen LogP) is -3.77. The molecule has 0 radical (unpaired) electrons. The summed E-state index contributed by atoms with van der Waals surface area (Å²) in [6.45, 7) is 0. The van der Waals surface area contributed by atoms with Crippen LogP contribution in [0, 0.1) is 48.0 Å². The van der Waals surface area contributed by atoms with Crippen molar-refractivity contribution < 1.29 is 35.1 Å². The quantitative estimate of drug-likeness (QED) is 0.226. The number of terminal acetylenes is 1. The average Bonchev–Trinajstić information content (AvgIpc) is 2.50. The third-order valence-corrected chi connectivity index (χ3v) is 2.09. The van der Waals surface area contributed by atoms with Crippen LogP contribution in [0.15, 0.2) is 0 Å². The second-order valence-corrected chi connectivity index (χ2v) is 3.59. The van der Waals surface area contributed by atoms with Crippen molar-refractivity contribution in [2.75, 3.05) is 0 Å². The number of aliphatic carboxylic acids is 1. The highest BCUT2D eigenvalue weighted by molar-refractivity contribution is 5.83. The van der Waals surface area contributed by atoms with Crippen LogP contribution >= 0.6 is 0 Å². The van der Waals surface area contributed by atoms with E-state index in [9.17, 15) is 24.9 Å². The number of carboxylic acids is 1. The molecule has 0 saturated carbocycles. The van der Waals surface area contributed by atoms with Crippen LogP contribution in [0.2, 0.25) is 0 Å². The fraction of sp³-hybridized carbons (Fsp3) is 0.286. The normalized spacial score (nSPS) is 14.0. The summed E-state index contributed by atoms with van der Waals surface area (Å²) in [5, 5.41) is 47.3. The Balaban J connectivity index is 4.61. The van der Waals surface area contributed by atoms with Gasteiger partial charge in [-0.15, -0.1) is 6.42 Å². The number of nitrogens with one attached hydrogen (secondary N) is 1. The van der Waals surface area contributed by atoms with Crippen LogP contribution in [0.4, 0.5) is 0 Å². The minimum absolute atomic E-state index is 1.23. The fourth-order valence-corrected chi connectivity index (χ4v) is 1.00. The Kier molecular flexibility index (Phi) is 8.52. The predicted molar refractivity (Wildman–Crippen MR) is 72.0 cm³/mol. The van der Waals surface area contributed by atoms with Gasteiger partial charge >= 0.3 is 5.97 Å². The largest absolute Gasteiger partial charge is 0.479 e. The zero-order valence-electron chi connectivity index (χ0n) is 10.9. The lowest BCUT2D eigenvalue weighted by atomic mass is 10.0. The van der Waals surface area contributed by atoms with E-state index < -0.39 is 36.3 Å². The number of aliphatic hydroxyl groups is 4. The summed E-state index contributed by atoms with van der Waals surface area (Å²) in [6.07, 6.45) is -4.27. The molecular formula is C14H11NO7. The minimum atomic E-state index is -2.37. The van der Waals surface area contributed by atoms with Crippen molar-refractivity contribution in [2.45, 2.75) is 24.4 Å². The first kappa shape index (κ1) is 19.0. The Hall–Kier alpha value is -2.98. The molecule has 0 rings (SSSR count). The first-order chi connectivity index (χ1) is 10.3. The maximum absolute atomic E-state index is 11.4. The molecule has 0 aromatic rings. The van der Waals surface area contributed by atoms with Crippen molar-refractivity contribution in [3.8, 4) is 48.0 Å². The third-order valence-electron chi connectivity index (χ3n) is 2.09. The van der Waals surface area contributed by atoms with E-state index in [1.807, 2.05) is 17.3 Å². The van der Waals surface area contributed by atoms with Crippen LogP contribution < -0.4 is 5.32 Å². The zero-order valence-corrected chi connectivity index (χ0v) is 10.9. The van der Waals surface area contributed by atoms with E-state index in [4.69, 9.17) is 16.6 Å². The molecule has 0 bridgehead atoms. The second-order valence-electron chi connectivity index (χ2n) is 3.59. The van der Waals surface area contributed by atoms with E-state index in [0.717, 1.165) is 0 Å². The molecular weight excluding hydrogens is 294 g/mol. The highest BCUT2D eigenvalue weighted by Crippen LogP contribution is 2.05. The van der Waals surface area contributed by atoms with Crippen molar-refractivity contribution in [3.05, 3.63) is 0 Å². The van der Waals surface area contributed by atoms with Gasteiger partial charge in [-0.25, -0.2) is 4.79 Å². The van der Waals surface area contributed by atoms with Gasteiger partial charge in [-0.2, -0.15) is 0 Å². The van der Waals surface area contributed by atoms with Gasteiger partial charge in [-0.05, 0) is 17.8 Å². The third kappa shape index (κ3) is 6.45. The van der Waals surface area contributed by atoms with Crippen LogP contribution in [0.1, 0.15) is 0 Å². The molecule has 0 spiro atoms. The summed E-state index contributed by atoms with van der Waals surface area (Å²) in [7, 11) is 0. The van der Waals surface area contributed by atoms with E-state index in [1.54, 1.807) is 0 Å². The van der Waals surface area contributed by atoms with Crippen molar-refractivity contribution >= 4 is 11.9 Å². The topological polar surface area (TPSA) is 147 Å². The molecule has 0 saturated heterocycles. The molecule has 6 N–H and O–H groups in total. The van der Waals surface area contributed by atoms with Gasteiger partial charge in [0, 0.05) is 23.8 Å². The molecule has 0 aromatic heterocycles. The highest BCUT2D eigenvalue weighted by Gasteiger charge is 2.37. The minimum Gasteiger partial charge on any atom is -0.479 e. The number of carboxylic acid groups (broad SMARTS) is 1. The Morgan fingerprint density at radius 2 is 1.36 bits per heavy atom. The number of carbonyl (C=O) groups is 2. The average molecular weight is 305 g/mol. The van der Waals surface area contributed by atoms with Gasteiger partial charge in [-0.3, -0.25) is 10.1 Å². The SMILES string of the molecule is C#CC#CC#CC#CNC(=O)[C@@H](O)[C@H](O)[C@@H](O)[C@@H](O)C(=O)O. The Morgan fingerprint density at radius 1 is 0.864 bits per heavy atom. The molecule has 8 nitrogen and oxygen atoms in total. The van der Waals surface area contributed by atoms with Crippen molar-refractivity contribution in [1.29, 1.82) is 0 Å². The van der Waals surface area contributed by atoms with Gasteiger partial charge < -0.3 is 25.5 Å². The lowest BCUT2D eigenvalue weighted by Gasteiger charge is -2.23. The van der Waals surface area contributed by atoms with Crippen LogP contribution in [0.3, 0.4) is 0 Å². The highest BCUT2D eigenvalue weighted by atomic mass is 16.4. The van der Waals surface area contributed by atoms with E-state index in [2.05, 4.69) is 29.6 Å². The number of aliphatic hydroxyl groups excluding tert-OH is 4. The monoisotopic (exact) mass is 305 g/mol. The van der Waals surface area contributed by atoms with Crippen molar-refractivity contribution in [2.24, 2.45) is 0 Å². The number of hydrogen-bond acceptors (Lipinski definition) is 6. The summed E-state index contributed by atoms with van der Waals surface area (Å²) in [5.74, 6) is 9.92. The Labute approximate surface area is 125 Å². The molecule has 0 aliphatic carbocycles. The lowest BCUT2D eigenvalue weighted by Crippen LogP contribution is -2.52. The molecule has 0 unspecified atom stereocenters.